The highest BCUT2D eigenvalue weighted by molar-refractivity contribution is 7.80. The van der Waals surface area contributed by atoms with Crippen molar-refractivity contribution in [2.75, 3.05) is 0 Å². The van der Waals surface area contributed by atoms with Gasteiger partial charge in [0.1, 0.15) is 4.99 Å². The third-order valence-corrected chi connectivity index (χ3v) is 4.70. The maximum atomic E-state index is 9.23. The van der Waals surface area contributed by atoms with Gasteiger partial charge in [0.2, 0.25) is 0 Å². The smallest absolute Gasteiger partial charge is 0.120 e. The van der Waals surface area contributed by atoms with Crippen molar-refractivity contribution in [2.45, 2.75) is 6.54 Å². The van der Waals surface area contributed by atoms with Crippen molar-refractivity contribution in [2.24, 2.45) is 5.73 Å². The predicted octanol–water partition coefficient (Wildman–Crippen LogP) is 4.35. The number of hydrogen-bond acceptors (Lipinski definition) is 2. The number of rotatable bonds is 3. The van der Waals surface area contributed by atoms with E-state index < -0.39 is 0 Å². The van der Waals surface area contributed by atoms with E-state index in [4.69, 9.17) is 18.0 Å². The van der Waals surface area contributed by atoms with Crippen LogP contribution in [0.15, 0.2) is 66.7 Å². The van der Waals surface area contributed by atoms with Gasteiger partial charge in [-0.15, -0.1) is 0 Å². The van der Waals surface area contributed by atoms with Crippen LogP contribution in [0.1, 0.15) is 16.8 Å². The fourth-order valence-corrected chi connectivity index (χ4v) is 3.47. The van der Waals surface area contributed by atoms with Crippen LogP contribution >= 0.6 is 12.2 Å². The molecule has 4 heteroatoms. The Bertz CT molecular complexity index is 1160. The van der Waals surface area contributed by atoms with Gasteiger partial charge in [-0.25, -0.2) is 0 Å². The Morgan fingerprint density at radius 2 is 1.80 bits per heavy atom. The van der Waals surface area contributed by atoms with Crippen LogP contribution in [0.4, 0.5) is 0 Å². The first kappa shape index (κ1) is 15.4. The van der Waals surface area contributed by atoms with Gasteiger partial charge in [-0.3, -0.25) is 0 Å². The molecule has 0 spiro atoms. The molecule has 0 saturated heterocycles. The number of nitrogens with zero attached hydrogens (tertiary/aromatic N) is 2. The molecule has 0 saturated carbocycles. The zero-order valence-electron chi connectivity index (χ0n) is 13.4. The van der Waals surface area contributed by atoms with Crippen molar-refractivity contribution in [1.29, 1.82) is 5.26 Å². The van der Waals surface area contributed by atoms with Crippen LogP contribution in [0.5, 0.6) is 0 Å². The molecule has 0 radical (unpaired) electrons. The minimum atomic E-state index is 0.356. The van der Waals surface area contributed by atoms with Crippen LogP contribution in [-0.4, -0.2) is 9.56 Å². The van der Waals surface area contributed by atoms with Crippen molar-refractivity contribution in [3.63, 3.8) is 0 Å². The summed E-state index contributed by atoms with van der Waals surface area (Å²) in [7, 11) is 0. The highest BCUT2D eigenvalue weighted by Crippen LogP contribution is 2.25. The number of thiocarbonyl (C=S) groups is 1. The number of hydrogen-bond donors (Lipinski definition) is 1. The van der Waals surface area contributed by atoms with Crippen molar-refractivity contribution in [3.05, 3.63) is 83.6 Å². The first-order valence-electron chi connectivity index (χ1n) is 7.97. The molecule has 1 aromatic heterocycles. The fraction of sp³-hybridized carbons (Fsp3) is 0.0476. The van der Waals surface area contributed by atoms with Crippen molar-refractivity contribution >= 4 is 38.9 Å². The molecule has 1 heterocycles. The SMILES string of the molecule is N#Cc1ccc2cc(C(N)=S)n(Cc3cccc4ccccc34)c2c1. The molecule has 2 N–H and O–H groups in total. The number of nitriles is 1. The van der Waals surface area contributed by atoms with Gasteiger partial charge in [0.05, 0.1) is 22.8 Å². The summed E-state index contributed by atoms with van der Waals surface area (Å²) in [6.07, 6.45) is 0. The molecule has 0 amide bonds. The fourth-order valence-electron chi connectivity index (χ4n) is 3.30. The lowest BCUT2D eigenvalue weighted by Gasteiger charge is -2.12. The zero-order chi connectivity index (χ0) is 17.4. The maximum Gasteiger partial charge on any atom is 0.120 e. The van der Waals surface area contributed by atoms with Gasteiger partial charge < -0.3 is 10.3 Å². The lowest BCUT2D eigenvalue weighted by Crippen LogP contribution is -2.16. The Labute approximate surface area is 150 Å². The van der Waals surface area contributed by atoms with E-state index in [1.54, 1.807) is 0 Å². The number of nitrogens with two attached hydrogens (primary N) is 1. The third-order valence-electron chi connectivity index (χ3n) is 4.49. The molecule has 25 heavy (non-hydrogen) atoms. The predicted molar refractivity (Wildman–Crippen MR) is 106 cm³/mol. The largest absolute Gasteiger partial charge is 0.388 e. The molecule has 0 bridgehead atoms. The van der Waals surface area contributed by atoms with E-state index in [2.05, 4.69) is 41.0 Å². The van der Waals surface area contributed by atoms with Gasteiger partial charge in [-0.1, -0.05) is 60.7 Å². The normalized spacial score (nSPS) is 10.8. The summed E-state index contributed by atoms with van der Waals surface area (Å²) in [5, 5.41) is 12.7. The van der Waals surface area contributed by atoms with Crippen LogP contribution in [-0.2, 0) is 6.54 Å². The van der Waals surface area contributed by atoms with Crippen LogP contribution in [0, 0.1) is 11.3 Å². The Morgan fingerprint density at radius 3 is 2.60 bits per heavy atom. The van der Waals surface area contributed by atoms with Crippen LogP contribution < -0.4 is 5.73 Å². The summed E-state index contributed by atoms with van der Waals surface area (Å²) in [5.74, 6) is 0. The molecular weight excluding hydrogens is 326 g/mol. The van der Waals surface area contributed by atoms with E-state index in [1.807, 2.05) is 36.4 Å². The highest BCUT2D eigenvalue weighted by Gasteiger charge is 2.13. The summed E-state index contributed by atoms with van der Waals surface area (Å²) in [6.45, 7) is 0.645. The summed E-state index contributed by atoms with van der Waals surface area (Å²) in [6, 6.07) is 24.4. The molecule has 0 aliphatic heterocycles. The standard InChI is InChI=1S/C21H15N3S/c22-12-14-8-9-16-11-20(21(23)25)24(19(16)10-14)13-17-6-3-5-15-4-1-2-7-18(15)17/h1-11H,13H2,(H2,23,25). The summed E-state index contributed by atoms with van der Waals surface area (Å²) in [5.41, 5.74) is 9.56. The van der Waals surface area contributed by atoms with Gasteiger partial charge in [0.15, 0.2) is 0 Å². The van der Waals surface area contributed by atoms with Gasteiger partial charge in [0, 0.05) is 11.9 Å². The third kappa shape index (κ3) is 2.65. The van der Waals surface area contributed by atoms with Crippen LogP contribution in [0.2, 0.25) is 0 Å². The number of benzene rings is 3. The first-order chi connectivity index (χ1) is 12.2. The average Bonchev–Trinajstić information content (AvgIpc) is 3.00. The van der Waals surface area contributed by atoms with Crippen molar-refractivity contribution in [1.82, 2.24) is 4.57 Å². The Balaban J connectivity index is 1.94. The van der Waals surface area contributed by atoms with E-state index in [1.165, 1.54) is 16.3 Å². The highest BCUT2D eigenvalue weighted by atomic mass is 32.1. The topological polar surface area (TPSA) is 54.7 Å². The lowest BCUT2D eigenvalue weighted by molar-refractivity contribution is 0.834. The quantitative estimate of drug-likeness (QED) is 0.564. The number of aromatic nitrogens is 1. The van der Waals surface area contributed by atoms with Crippen LogP contribution in [0.25, 0.3) is 21.7 Å². The Kier molecular flexibility index (Phi) is 3.72. The molecule has 4 aromatic rings. The average molecular weight is 341 g/mol. The monoisotopic (exact) mass is 341 g/mol. The number of fused-ring (bicyclic) bond motifs is 2. The molecule has 0 fully saturated rings. The molecule has 3 aromatic carbocycles. The summed E-state index contributed by atoms with van der Waals surface area (Å²) < 4.78 is 2.10. The van der Waals surface area contributed by atoms with Crippen molar-refractivity contribution in [3.8, 4) is 6.07 Å². The van der Waals surface area contributed by atoms with E-state index in [9.17, 15) is 5.26 Å². The zero-order valence-corrected chi connectivity index (χ0v) is 14.3. The van der Waals surface area contributed by atoms with E-state index in [0.29, 0.717) is 17.1 Å². The Hall–Kier alpha value is -3.16. The molecule has 120 valence electrons. The van der Waals surface area contributed by atoms with Gasteiger partial charge in [-0.2, -0.15) is 5.26 Å². The van der Waals surface area contributed by atoms with Gasteiger partial charge in [-0.05, 0) is 34.5 Å². The second kappa shape index (κ2) is 6.04. The van der Waals surface area contributed by atoms with E-state index in [0.717, 1.165) is 16.6 Å². The summed E-state index contributed by atoms with van der Waals surface area (Å²) >= 11 is 5.26. The van der Waals surface area contributed by atoms with E-state index in [-0.39, 0.29) is 0 Å². The lowest BCUT2D eigenvalue weighted by atomic mass is 10.0. The van der Waals surface area contributed by atoms with Gasteiger partial charge in [0.25, 0.3) is 0 Å². The molecular formula is C21H15N3S. The summed E-state index contributed by atoms with van der Waals surface area (Å²) in [4.78, 5) is 0.356. The first-order valence-corrected chi connectivity index (χ1v) is 8.38. The van der Waals surface area contributed by atoms with Crippen LogP contribution in [0.3, 0.4) is 0 Å². The minimum absolute atomic E-state index is 0.356. The van der Waals surface area contributed by atoms with Gasteiger partial charge >= 0.3 is 0 Å². The molecule has 0 aliphatic carbocycles. The van der Waals surface area contributed by atoms with E-state index >= 15 is 0 Å². The second-order valence-electron chi connectivity index (χ2n) is 6.00. The molecule has 3 nitrogen and oxygen atoms in total. The maximum absolute atomic E-state index is 9.23. The van der Waals surface area contributed by atoms with Crippen molar-refractivity contribution < 1.29 is 0 Å². The second-order valence-corrected chi connectivity index (χ2v) is 6.44. The molecule has 0 unspecified atom stereocenters. The Morgan fingerprint density at radius 1 is 1.00 bits per heavy atom. The molecule has 0 aliphatic rings. The molecule has 4 rings (SSSR count). The minimum Gasteiger partial charge on any atom is -0.388 e. The molecule has 0 atom stereocenters.